The molecule has 0 atom stereocenters. The zero-order chi connectivity index (χ0) is 31.3. The minimum atomic E-state index is -0.404. The van der Waals surface area contributed by atoms with E-state index < -0.39 is 5.97 Å². The number of aromatic hydroxyl groups is 1. The van der Waals surface area contributed by atoms with Gasteiger partial charge in [-0.3, -0.25) is 4.79 Å². The summed E-state index contributed by atoms with van der Waals surface area (Å²) in [4.78, 5) is 12.0. The number of hydrogen-bond donors (Lipinski definition) is 1. The van der Waals surface area contributed by atoms with Crippen molar-refractivity contribution in [3.05, 3.63) is 164 Å². The minimum absolute atomic E-state index is 0. The van der Waals surface area contributed by atoms with Crippen molar-refractivity contribution < 1.29 is 48.5 Å². The maximum Gasteiger partial charge on any atom is 2.00 e. The van der Waals surface area contributed by atoms with E-state index in [1.807, 2.05) is 12.2 Å². The minimum Gasteiger partial charge on any atom is -0.877 e. The maximum absolute atomic E-state index is 12.0. The van der Waals surface area contributed by atoms with E-state index in [1.54, 1.807) is 134 Å². The molecule has 238 valence electrons. The second-order valence-electron chi connectivity index (χ2n) is 9.40. The second kappa shape index (κ2) is 18.3. The van der Waals surface area contributed by atoms with Crippen molar-refractivity contribution in [3.8, 4) is 23.0 Å². The zero-order valence-corrected chi connectivity index (χ0v) is 25.8. The second-order valence-corrected chi connectivity index (χ2v) is 9.40. The van der Waals surface area contributed by atoms with Crippen LogP contribution in [0.1, 0.15) is 1.43 Å². The van der Waals surface area contributed by atoms with Gasteiger partial charge < -0.3 is 25.2 Å². The van der Waals surface area contributed by atoms with Gasteiger partial charge in [0.25, 0.3) is 0 Å². The molecule has 0 fully saturated rings. The molecule has 0 heterocycles. The summed E-state index contributed by atoms with van der Waals surface area (Å²) < 4.78 is 11.2. The summed E-state index contributed by atoms with van der Waals surface area (Å²) in [5.41, 5.74) is 3.36. The van der Waals surface area contributed by atoms with E-state index >= 15 is 0 Å². The monoisotopic (exact) mass is 670 g/mol. The quantitative estimate of drug-likeness (QED) is 0.0498. The van der Waals surface area contributed by atoms with Crippen LogP contribution in [0.2, 0.25) is 0 Å². The first-order valence-electron chi connectivity index (χ1n) is 13.8. The van der Waals surface area contributed by atoms with Gasteiger partial charge in [-0.2, -0.15) is 20.5 Å². The normalized spacial score (nSPS) is 13.0. The molecule has 0 spiro atoms. The third kappa shape index (κ3) is 11.3. The summed E-state index contributed by atoms with van der Waals surface area (Å²) in [6.45, 7) is 0. The van der Waals surface area contributed by atoms with Gasteiger partial charge in [-0.05, 0) is 103 Å². The van der Waals surface area contributed by atoms with Gasteiger partial charge >= 0.3 is 23.0 Å². The topological polar surface area (TPSA) is 160 Å². The van der Waals surface area contributed by atoms with Crippen LogP contribution in [0.3, 0.4) is 0 Å². The van der Waals surface area contributed by atoms with Crippen LogP contribution in [0.25, 0.3) is 0 Å². The number of benzene rings is 4. The Morgan fingerprint density at radius 3 is 1.49 bits per heavy atom. The Labute approximate surface area is 284 Å². The first kappa shape index (κ1) is 35.7. The molecular formula is C36H30FeN4O6. The molecule has 4 aromatic rings. The van der Waals surface area contributed by atoms with Crippen LogP contribution >= 0.6 is 0 Å². The van der Waals surface area contributed by atoms with Crippen LogP contribution in [0, 0.1) is 18.8 Å². The van der Waals surface area contributed by atoms with E-state index in [9.17, 15) is 15.0 Å². The maximum atomic E-state index is 12.0. The third-order valence-corrected chi connectivity index (χ3v) is 6.09. The van der Waals surface area contributed by atoms with Crippen LogP contribution in [0.5, 0.6) is 23.0 Å². The number of nitrogens with zero attached hydrogens (tertiary/aromatic N) is 4. The van der Waals surface area contributed by atoms with Gasteiger partial charge in [0.1, 0.15) is 23.0 Å². The molecule has 0 amide bonds. The summed E-state index contributed by atoms with van der Waals surface area (Å²) in [7, 11) is 0. The van der Waals surface area contributed by atoms with Crippen molar-refractivity contribution in [1.29, 1.82) is 0 Å². The number of carbonyl (C=O) groups excluding carboxylic acids is 1. The van der Waals surface area contributed by atoms with Crippen molar-refractivity contribution in [2.24, 2.45) is 20.5 Å². The van der Waals surface area contributed by atoms with Crippen LogP contribution in [0.4, 0.5) is 22.7 Å². The van der Waals surface area contributed by atoms with Crippen molar-refractivity contribution in [2.45, 2.75) is 0 Å². The molecule has 0 unspecified atom stereocenters. The molecule has 10 nitrogen and oxygen atoms in total. The molecule has 11 heteroatoms. The molecule has 2 radical (unpaired) electrons. The van der Waals surface area contributed by atoms with Crippen molar-refractivity contribution >= 4 is 28.7 Å². The van der Waals surface area contributed by atoms with Gasteiger partial charge in [0.05, 0.1) is 22.7 Å². The van der Waals surface area contributed by atoms with Crippen molar-refractivity contribution in [1.82, 2.24) is 0 Å². The fourth-order valence-electron chi connectivity index (χ4n) is 3.77. The summed E-state index contributed by atoms with van der Waals surface area (Å²) >= 11 is 0. The molecule has 0 aliphatic heterocycles. The van der Waals surface area contributed by atoms with Gasteiger partial charge in [0, 0.05) is 7.34 Å². The Balaban J connectivity index is 0.000000714. The Bertz CT molecular complexity index is 1750. The van der Waals surface area contributed by atoms with E-state index in [1.165, 1.54) is 0 Å². The van der Waals surface area contributed by atoms with Crippen molar-refractivity contribution in [3.63, 3.8) is 0 Å². The Hall–Kier alpha value is -5.74. The van der Waals surface area contributed by atoms with Gasteiger partial charge in [-0.1, -0.05) is 30.7 Å². The Morgan fingerprint density at radius 1 is 0.681 bits per heavy atom. The number of hydrogen-bond acceptors (Lipinski definition) is 9. The van der Waals surface area contributed by atoms with Crippen LogP contribution in [0.15, 0.2) is 166 Å². The predicted octanol–water partition coefficient (Wildman–Crippen LogP) is 8.25. The van der Waals surface area contributed by atoms with E-state index in [4.69, 9.17) is 9.47 Å². The zero-order valence-electron chi connectivity index (χ0n) is 24.7. The first-order chi connectivity index (χ1) is 22.0. The number of allylic oxidation sites excluding steroid dienone is 7. The molecule has 0 aromatic heterocycles. The SMILES string of the molecule is O.O=C(Oc1ccc(N=Nc2ccc(Oc3ccc(N=Nc4ccc(O)cc4)cc3)cc2)cc1)[C]1[CH]C=C[CH-]1.[Fe+2].[HH].[O-]C=C1C=CC=C1. The Morgan fingerprint density at radius 2 is 1.11 bits per heavy atom. The molecule has 2 aliphatic rings. The van der Waals surface area contributed by atoms with E-state index in [-0.39, 0.29) is 29.7 Å². The third-order valence-electron chi connectivity index (χ3n) is 6.09. The smallest absolute Gasteiger partial charge is 0.877 e. The number of rotatable bonds is 8. The number of carbonyl (C=O) groups is 1. The molecule has 2 aliphatic carbocycles. The molecule has 0 saturated carbocycles. The van der Waals surface area contributed by atoms with Crippen LogP contribution < -0.4 is 14.6 Å². The van der Waals surface area contributed by atoms with E-state index in [0.29, 0.717) is 45.9 Å². The standard InChI is InChI=1S/C30H21N4O4.C6H6O.Fe.H2O.H2/c35-26-13-5-22(6-14-26)31-32-23-7-15-27(16-8-23)37-28-17-9-24(10-18-28)33-34-25-11-19-29(20-12-25)38-30(36)21-3-1-2-4-21;7-5-6-3-1-2-4-6;;;/h1-20,35H;1-5,7H;;1H2;1H/q-1;;+2;;/p-1. The van der Waals surface area contributed by atoms with E-state index in [0.717, 1.165) is 11.8 Å². The number of esters is 1. The van der Waals surface area contributed by atoms with Gasteiger partial charge in [0.2, 0.25) is 0 Å². The van der Waals surface area contributed by atoms with Crippen LogP contribution in [-0.4, -0.2) is 16.6 Å². The molecule has 4 aromatic carbocycles. The summed E-state index contributed by atoms with van der Waals surface area (Å²) in [6.07, 6.45) is 15.0. The summed E-state index contributed by atoms with van der Waals surface area (Å²) in [5, 5.41) is 36.0. The summed E-state index contributed by atoms with van der Waals surface area (Å²) in [6, 6.07) is 27.7. The number of phenolic OH excluding ortho intramolecular Hbond substituents is 1. The Kier molecular flexibility index (Phi) is 13.9. The number of phenols is 1. The number of ether oxygens (including phenoxy) is 2. The van der Waals surface area contributed by atoms with Crippen molar-refractivity contribution in [2.75, 3.05) is 0 Å². The average Bonchev–Trinajstić information content (AvgIpc) is 3.82. The molecular weight excluding hydrogens is 640 g/mol. The molecule has 47 heavy (non-hydrogen) atoms. The molecule has 6 rings (SSSR count). The molecule has 0 saturated heterocycles. The van der Waals surface area contributed by atoms with Gasteiger partial charge in [-0.15, -0.1) is 6.26 Å². The van der Waals surface area contributed by atoms with Gasteiger partial charge in [0.15, 0.2) is 0 Å². The van der Waals surface area contributed by atoms with Gasteiger partial charge in [-0.25, -0.2) is 18.6 Å². The first-order valence-corrected chi connectivity index (χ1v) is 13.8. The number of azo groups is 2. The van der Waals surface area contributed by atoms with Crippen LogP contribution in [-0.2, 0) is 21.9 Å². The molecule has 3 N–H and O–H groups in total. The largest absolute Gasteiger partial charge is 2.00 e. The summed E-state index contributed by atoms with van der Waals surface area (Å²) in [5.74, 6) is 2.03. The average molecular weight is 671 g/mol. The molecule has 0 bridgehead atoms. The predicted molar refractivity (Wildman–Crippen MR) is 175 cm³/mol. The fraction of sp³-hybridized carbons (Fsp3) is 0. The van der Waals surface area contributed by atoms with E-state index in [2.05, 4.69) is 20.5 Å². The fourth-order valence-corrected chi connectivity index (χ4v) is 3.77.